The summed E-state index contributed by atoms with van der Waals surface area (Å²) in [6.45, 7) is 0. The van der Waals surface area contributed by atoms with Crippen LogP contribution in [0.2, 0.25) is 0 Å². The molecule has 3 aromatic heterocycles. The van der Waals surface area contributed by atoms with E-state index >= 15 is 0 Å². The van der Waals surface area contributed by atoms with Crippen LogP contribution in [0.1, 0.15) is 10.4 Å². The number of benzene rings is 2. The van der Waals surface area contributed by atoms with E-state index in [1.54, 1.807) is 12.5 Å². The van der Waals surface area contributed by atoms with E-state index in [1.807, 2.05) is 83.0 Å². The molecule has 0 fully saturated rings. The fourth-order valence-corrected chi connectivity index (χ4v) is 3.47. The Labute approximate surface area is 161 Å². The lowest BCUT2D eigenvalue weighted by Crippen LogP contribution is -2.12. The van der Waals surface area contributed by atoms with Crippen LogP contribution in [0.4, 0.5) is 5.69 Å². The summed E-state index contributed by atoms with van der Waals surface area (Å²) in [7, 11) is 1.94. The van der Waals surface area contributed by atoms with Gasteiger partial charge in [-0.25, -0.2) is 9.97 Å². The number of aryl methyl sites for hydroxylation is 1. The molecule has 136 valence electrons. The van der Waals surface area contributed by atoms with Crippen molar-refractivity contribution in [3.63, 3.8) is 0 Å². The zero-order chi connectivity index (χ0) is 19.1. The van der Waals surface area contributed by atoms with Gasteiger partial charge in [0.15, 0.2) is 0 Å². The van der Waals surface area contributed by atoms with Gasteiger partial charge in [-0.15, -0.1) is 0 Å². The Morgan fingerprint density at radius 3 is 2.54 bits per heavy atom. The molecule has 5 rings (SSSR count). The van der Waals surface area contributed by atoms with E-state index in [0.717, 1.165) is 27.8 Å². The number of imidazole rings is 1. The standard InChI is InChI=1S/C22H17N5O/c1-26-13-17(16-6-2-4-8-19(16)26)22(28)25-15-10-11-21(23-12-15)27-14-24-18-7-3-5-9-20(18)27/h2-14H,1H3,(H,25,28). The van der Waals surface area contributed by atoms with Gasteiger partial charge in [0, 0.05) is 24.1 Å². The van der Waals surface area contributed by atoms with E-state index in [-0.39, 0.29) is 5.91 Å². The zero-order valence-electron chi connectivity index (χ0n) is 15.2. The van der Waals surface area contributed by atoms with Crippen molar-refractivity contribution in [2.75, 3.05) is 5.32 Å². The van der Waals surface area contributed by atoms with Gasteiger partial charge in [-0.2, -0.15) is 0 Å². The molecule has 0 aliphatic carbocycles. The smallest absolute Gasteiger partial charge is 0.257 e. The number of amides is 1. The third kappa shape index (κ3) is 2.63. The Hall–Kier alpha value is -3.93. The number of para-hydroxylation sites is 3. The molecule has 5 aromatic rings. The number of hydrogen-bond acceptors (Lipinski definition) is 3. The van der Waals surface area contributed by atoms with Gasteiger partial charge in [-0.3, -0.25) is 9.36 Å². The average molecular weight is 367 g/mol. The van der Waals surface area contributed by atoms with Crippen LogP contribution < -0.4 is 5.32 Å². The van der Waals surface area contributed by atoms with Crippen LogP contribution in [0.3, 0.4) is 0 Å². The fourth-order valence-electron chi connectivity index (χ4n) is 3.47. The second-order valence-corrected chi connectivity index (χ2v) is 6.63. The van der Waals surface area contributed by atoms with Crippen molar-refractivity contribution in [1.29, 1.82) is 0 Å². The van der Waals surface area contributed by atoms with Gasteiger partial charge in [-0.05, 0) is 30.3 Å². The zero-order valence-corrected chi connectivity index (χ0v) is 15.2. The van der Waals surface area contributed by atoms with Crippen molar-refractivity contribution in [3.05, 3.63) is 84.9 Å². The molecule has 2 aromatic carbocycles. The molecule has 0 saturated heterocycles. The van der Waals surface area contributed by atoms with Crippen LogP contribution in [0.25, 0.3) is 27.8 Å². The van der Waals surface area contributed by atoms with Gasteiger partial charge >= 0.3 is 0 Å². The number of carbonyl (C=O) groups is 1. The topological polar surface area (TPSA) is 64.7 Å². The molecule has 0 unspecified atom stereocenters. The maximum Gasteiger partial charge on any atom is 0.257 e. The number of rotatable bonds is 3. The summed E-state index contributed by atoms with van der Waals surface area (Å²) in [5.74, 6) is 0.594. The summed E-state index contributed by atoms with van der Waals surface area (Å²) >= 11 is 0. The molecule has 0 aliphatic heterocycles. The Kier molecular flexibility index (Phi) is 3.69. The minimum absolute atomic E-state index is 0.153. The lowest BCUT2D eigenvalue weighted by Gasteiger charge is -2.07. The van der Waals surface area contributed by atoms with E-state index in [0.29, 0.717) is 11.3 Å². The van der Waals surface area contributed by atoms with Gasteiger partial charge in [0.2, 0.25) is 0 Å². The van der Waals surface area contributed by atoms with E-state index in [2.05, 4.69) is 15.3 Å². The first-order valence-electron chi connectivity index (χ1n) is 8.94. The summed E-state index contributed by atoms with van der Waals surface area (Å²) in [4.78, 5) is 21.6. The van der Waals surface area contributed by atoms with E-state index in [9.17, 15) is 4.79 Å². The highest BCUT2D eigenvalue weighted by molar-refractivity contribution is 6.12. The number of hydrogen-bond donors (Lipinski definition) is 1. The van der Waals surface area contributed by atoms with Gasteiger partial charge in [0.1, 0.15) is 12.1 Å². The molecule has 0 spiro atoms. The second-order valence-electron chi connectivity index (χ2n) is 6.63. The quantitative estimate of drug-likeness (QED) is 0.521. The SMILES string of the molecule is Cn1cc(C(=O)Nc2ccc(-n3cnc4ccccc43)nc2)c2ccccc21. The third-order valence-electron chi connectivity index (χ3n) is 4.85. The molecule has 0 saturated carbocycles. The molecule has 0 radical (unpaired) electrons. The van der Waals surface area contributed by atoms with Crippen molar-refractivity contribution >= 4 is 33.5 Å². The van der Waals surface area contributed by atoms with Gasteiger partial charge in [0.05, 0.1) is 28.5 Å². The van der Waals surface area contributed by atoms with Crippen LogP contribution in [-0.2, 0) is 7.05 Å². The molecular weight excluding hydrogens is 350 g/mol. The predicted octanol–water partition coefficient (Wildman–Crippen LogP) is 4.16. The average Bonchev–Trinajstić information content (AvgIpc) is 3.31. The number of fused-ring (bicyclic) bond motifs is 2. The first-order chi connectivity index (χ1) is 13.7. The predicted molar refractivity (Wildman–Crippen MR) is 110 cm³/mol. The normalized spacial score (nSPS) is 11.2. The number of nitrogens with one attached hydrogen (secondary N) is 1. The van der Waals surface area contributed by atoms with Gasteiger partial charge < -0.3 is 9.88 Å². The third-order valence-corrected chi connectivity index (χ3v) is 4.85. The maximum absolute atomic E-state index is 12.8. The summed E-state index contributed by atoms with van der Waals surface area (Å²) in [6.07, 6.45) is 5.26. The first-order valence-corrected chi connectivity index (χ1v) is 8.94. The summed E-state index contributed by atoms with van der Waals surface area (Å²) < 4.78 is 3.88. The Morgan fingerprint density at radius 1 is 0.929 bits per heavy atom. The van der Waals surface area contributed by atoms with E-state index in [4.69, 9.17) is 0 Å². The Bertz CT molecular complexity index is 1310. The summed E-state index contributed by atoms with van der Waals surface area (Å²) in [6, 6.07) is 19.5. The van der Waals surface area contributed by atoms with Crippen molar-refractivity contribution in [2.24, 2.45) is 7.05 Å². The van der Waals surface area contributed by atoms with Gasteiger partial charge in [-0.1, -0.05) is 30.3 Å². The molecule has 0 bridgehead atoms. The number of pyridine rings is 1. The molecule has 28 heavy (non-hydrogen) atoms. The molecule has 3 heterocycles. The van der Waals surface area contributed by atoms with Crippen LogP contribution >= 0.6 is 0 Å². The highest BCUT2D eigenvalue weighted by Crippen LogP contribution is 2.22. The minimum atomic E-state index is -0.153. The van der Waals surface area contributed by atoms with Crippen molar-refractivity contribution in [1.82, 2.24) is 19.1 Å². The van der Waals surface area contributed by atoms with Crippen molar-refractivity contribution < 1.29 is 4.79 Å². The maximum atomic E-state index is 12.8. The molecule has 0 aliphatic rings. The molecule has 0 atom stereocenters. The largest absolute Gasteiger partial charge is 0.350 e. The highest BCUT2D eigenvalue weighted by Gasteiger charge is 2.14. The monoisotopic (exact) mass is 367 g/mol. The number of anilines is 1. The Balaban J connectivity index is 1.42. The highest BCUT2D eigenvalue weighted by atomic mass is 16.1. The molecule has 1 amide bonds. The number of aromatic nitrogens is 4. The molecule has 6 heteroatoms. The number of nitrogens with zero attached hydrogens (tertiary/aromatic N) is 4. The van der Waals surface area contributed by atoms with Crippen LogP contribution in [-0.4, -0.2) is 25.0 Å². The number of carbonyl (C=O) groups excluding carboxylic acids is 1. The Morgan fingerprint density at radius 2 is 1.71 bits per heavy atom. The van der Waals surface area contributed by atoms with Gasteiger partial charge in [0.25, 0.3) is 5.91 Å². The van der Waals surface area contributed by atoms with E-state index < -0.39 is 0 Å². The summed E-state index contributed by atoms with van der Waals surface area (Å²) in [5, 5.41) is 3.86. The molecular formula is C22H17N5O. The van der Waals surface area contributed by atoms with Crippen LogP contribution in [0.5, 0.6) is 0 Å². The first kappa shape index (κ1) is 16.3. The lowest BCUT2D eigenvalue weighted by molar-refractivity contribution is 0.102. The van der Waals surface area contributed by atoms with Crippen LogP contribution in [0.15, 0.2) is 79.4 Å². The second kappa shape index (κ2) is 6.35. The summed E-state index contributed by atoms with van der Waals surface area (Å²) in [5.41, 5.74) is 4.21. The molecule has 6 nitrogen and oxygen atoms in total. The molecule has 1 N–H and O–H groups in total. The van der Waals surface area contributed by atoms with Crippen molar-refractivity contribution in [3.8, 4) is 5.82 Å². The lowest BCUT2D eigenvalue weighted by atomic mass is 10.1. The van der Waals surface area contributed by atoms with Crippen molar-refractivity contribution in [2.45, 2.75) is 0 Å². The van der Waals surface area contributed by atoms with E-state index in [1.165, 1.54) is 0 Å². The van der Waals surface area contributed by atoms with Crippen LogP contribution in [0, 0.1) is 0 Å². The fraction of sp³-hybridized carbons (Fsp3) is 0.0455. The minimum Gasteiger partial charge on any atom is -0.350 e.